The van der Waals surface area contributed by atoms with Crippen molar-refractivity contribution in [3.05, 3.63) is 48.3 Å². The summed E-state index contributed by atoms with van der Waals surface area (Å²) in [6.45, 7) is 0. The van der Waals surface area contributed by atoms with E-state index >= 15 is 0 Å². The van der Waals surface area contributed by atoms with Gasteiger partial charge in [0.2, 0.25) is 5.52 Å². The first kappa shape index (κ1) is 11.7. The van der Waals surface area contributed by atoms with Crippen LogP contribution in [-0.4, -0.2) is 13.1 Å². The lowest BCUT2D eigenvalue weighted by Gasteiger charge is -1.98. The van der Waals surface area contributed by atoms with Gasteiger partial charge in [0.25, 0.3) is 0 Å². The monoisotopic (exact) mass is 267 g/mol. The number of aromatic nitrogens is 1. The van der Waals surface area contributed by atoms with Gasteiger partial charge in [-0.1, -0.05) is 0 Å². The summed E-state index contributed by atoms with van der Waals surface area (Å²) in [5.41, 5.74) is 1.43. The van der Waals surface area contributed by atoms with Crippen molar-refractivity contribution in [1.82, 2.24) is 0 Å². The highest BCUT2D eigenvalue weighted by atomic mass is 79.9. The Morgan fingerprint density at radius 1 is 1.20 bits per heavy atom. The van der Waals surface area contributed by atoms with Gasteiger partial charge < -0.3 is 21.7 Å². The van der Waals surface area contributed by atoms with Crippen molar-refractivity contribution in [3.63, 3.8) is 0 Å². The Balaban J connectivity index is 0.00000112. The molecule has 2 heterocycles. The predicted octanol–water partition coefficient (Wildman–Crippen LogP) is -1.78. The Morgan fingerprint density at radius 2 is 1.93 bits per heavy atom. The van der Waals surface area contributed by atoms with Gasteiger partial charge in [0.1, 0.15) is 5.56 Å². The van der Waals surface area contributed by atoms with E-state index in [4.69, 9.17) is 4.74 Å². The predicted molar refractivity (Wildman–Crippen MR) is 50.9 cm³/mol. The lowest BCUT2D eigenvalue weighted by molar-refractivity contribution is -0.512. The van der Waals surface area contributed by atoms with Gasteiger partial charge in [-0.2, -0.15) is 4.40 Å². The van der Waals surface area contributed by atoms with Crippen LogP contribution in [0.2, 0.25) is 0 Å². The maximum atomic E-state index is 11.4. The van der Waals surface area contributed by atoms with Crippen molar-refractivity contribution >= 4 is 11.5 Å². The molecule has 78 valence electrons. The number of rotatable bonds is 1. The molecule has 0 aliphatic carbocycles. The van der Waals surface area contributed by atoms with Gasteiger partial charge in [-0.3, -0.25) is 0 Å². The average molecular weight is 268 g/mol. The van der Waals surface area contributed by atoms with Gasteiger partial charge in [-0.05, 0) is 12.1 Å². The van der Waals surface area contributed by atoms with Crippen LogP contribution in [0.3, 0.4) is 0 Å². The molecule has 0 spiro atoms. The molecule has 0 aromatic carbocycles. The summed E-state index contributed by atoms with van der Waals surface area (Å²) in [7, 11) is 1.38. The van der Waals surface area contributed by atoms with E-state index < -0.39 is 0 Å². The molecule has 0 aliphatic rings. The second kappa shape index (κ2) is 4.89. The highest BCUT2D eigenvalue weighted by Gasteiger charge is 2.14. The number of halogens is 1. The Hall–Kier alpha value is -1.42. The van der Waals surface area contributed by atoms with Gasteiger partial charge in [0.05, 0.1) is 7.11 Å². The smallest absolute Gasteiger partial charge is 0.344 e. The van der Waals surface area contributed by atoms with Crippen LogP contribution in [0.25, 0.3) is 5.52 Å². The van der Waals surface area contributed by atoms with Crippen molar-refractivity contribution in [3.8, 4) is 0 Å². The zero-order chi connectivity index (χ0) is 9.97. The Labute approximate surface area is 98.1 Å². The number of pyridine rings is 2. The molecule has 0 aliphatic heterocycles. The number of fused-ring (bicyclic) bond motifs is 1. The van der Waals surface area contributed by atoms with E-state index in [1.807, 2.05) is 41.1 Å². The molecule has 2 aromatic rings. The molecule has 3 nitrogen and oxygen atoms in total. The third-order valence-electron chi connectivity index (χ3n) is 2.08. The highest BCUT2D eigenvalue weighted by Crippen LogP contribution is 2.06. The van der Waals surface area contributed by atoms with E-state index in [-0.39, 0.29) is 23.0 Å². The van der Waals surface area contributed by atoms with Crippen molar-refractivity contribution in [2.45, 2.75) is 0 Å². The number of carbonyl (C=O) groups is 1. The minimum atomic E-state index is -0.311. The molecule has 0 bridgehead atoms. The fourth-order valence-corrected chi connectivity index (χ4v) is 1.41. The summed E-state index contributed by atoms with van der Waals surface area (Å²) in [6, 6.07) is 9.25. The zero-order valence-corrected chi connectivity index (χ0v) is 9.77. The van der Waals surface area contributed by atoms with Gasteiger partial charge >= 0.3 is 5.97 Å². The number of methoxy groups -OCH3 is 1. The first-order chi connectivity index (χ1) is 6.83. The molecule has 0 fully saturated rings. The molecule has 0 saturated carbocycles. The fraction of sp³-hybridized carbons (Fsp3) is 0.0909. The standard InChI is InChI=1S/C11H10NO2.BrH/c1-14-11(13)9-5-4-8-12-7-3-2-6-10(9)12;/h2-8H,1H3;1H/q+1;/p-1. The number of carbonyl (C=O) groups excluding carboxylic acids is 1. The van der Waals surface area contributed by atoms with E-state index in [2.05, 4.69) is 0 Å². The van der Waals surface area contributed by atoms with Crippen molar-refractivity contribution in [2.24, 2.45) is 0 Å². The summed E-state index contributed by atoms with van der Waals surface area (Å²) in [5.74, 6) is -0.311. The number of ether oxygens (including phenoxy) is 1. The van der Waals surface area contributed by atoms with E-state index in [1.165, 1.54) is 7.11 Å². The van der Waals surface area contributed by atoms with Crippen molar-refractivity contribution in [2.75, 3.05) is 7.11 Å². The van der Waals surface area contributed by atoms with Crippen LogP contribution < -0.4 is 21.4 Å². The molecular weight excluding hydrogens is 258 g/mol. The van der Waals surface area contributed by atoms with Crippen molar-refractivity contribution < 1.29 is 30.9 Å². The van der Waals surface area contributed by atoms with E-state index in [1.54, 1.807) is 6.07 Å². The Kier molecular flexibility index (Phi) is 3.80. The van der Waals surface area contributed by atoms with Crippen LogP contribution in [0.5, 0.6) is 0 Å². The number of esters is 1. The molecule has 4 heteroatoms. The minimum Gasteiger partial charge on any atom is -1.00 e. The SMILES string of the molecule is COC(=O)c1ccc[n+]2ccccc12.[Br-]. The summed E-state index contributed by atoms with van der Waals surface area (Å²) in [5, 5.41) is 0. The first-order valence-corrected chi connectivity index (χ1v) is 4.30. The summed E-state index contributed by atoms with van der Waals surface area (Å²) in [4.78, 5) is 11.4. The highest BCUT2D eigenvalue weighted by molar-refractivity contribution is 5.95. The van der Waals surface area contributed by atoms with E-state index in [0.717, 1.165) is 5.52 Å². The third-order valence-corrected chi connectivity index (χ3v) is 2.08. The zero-order valence-electron chi connectivity index (χ0n) is 8.18. The molecule has 0 saturated heterocycles. The molecule has 15 heavy (non-hydrogen) atoms. The van der Waals surface area contributed by atoms with E-state index in [0.29, 0.717) is 5.56 Å². The molecular formula is C11H10BrNO2. The normalized spacial score (nSPS) is 9.40. The molecule has 0 radical (unpaired) electrons. The summed E-state index contributed by atoms with van der Waals surface area (Å²) >= 11 is 0. The second-order valence-electron chi connectivity index (χ2n) is 2.91. The Bertz CT molecular complexity index is 479. The third kappa shape index (κ3) is 2.15. The average Bonchev–Trinajstić information content (AvgIpc) is 2.27. The van der Waals surface area contributed by atoms with Gasteiger partial charge in [-0.15, -0.1) is 0 Å². The van der Waals surface area contributed by atoms with Crippen LogP contribution in [0.1, 0.15) is 10.4 Å². The van der Waals surface area contributed by atoms with E-state index in [9.17, 15) is 4.79 Å². The summed E-state index contributed by atoms with van der Waals surface area (Å²) in [6.07, 6.45) is 3.78. The van der Waals surface area contributed by atoms with Gasteiger partial charge in [0, 0.05) is 18.2 Å². The second-order valence-corrected chi connectivity index (χ2v) is 2.91. The van der Waals surface area contributed by atoms with Gasteiger partial charge in [0.15, 0.2) is 12.4 Å². The van der Waals surface area contributed by atoms with Crippen LogP contribution in [-0.2, 0) is 4.74 Å². The molecule has 2 aromatic heterocycles. The number of hydrogen-bond donors (Lipinski definition) is 0. The minimum absolute atomic E-state index is 0. The van der Waals surface area contributed by atoms with Crippen LogP contribution in [0.4, 0.5) is 0 Å². The largest absolute Gasteiger partial charge is 1.00 e. The first-order valence-electron chi connectivity index (χ1n) is 4.30. The van der Waals surface area contributed by atoms with Crippen LogP contribution >= 0.6 is 0 Å². The van der Waals surface area contributed by atoms with Gasteiger partial charge in [-0.25, -0.2) is 4.79 Å². The molecule has 0 amide bonds. The molecule has 2 rings (SSSR count). The van der Waals surface area contributed by atoms with Crippen LogP contribution in [0, 0.1) is 0 Å². The Morgan fingerprint density at radius 3 is 2.67 bits per heavy atom. The summed E-state index contributed by atoms with van der Waals surface area (Å²) < 4.78 is 6.57. The molecule has 0 N–H and O–H groups in total. The maximum Gasteiger partial charge on any atom is 0.344 e. The lowest BCUT2D eigenvalue weighted by atomic mass is 10.2. The fourth-order valence-electron chi connectivity index (χ4n) is 1.41. The molecule has 0 atom stereocenters. The van der Waals surface area contributed by atoms with Crippen molar-refractivity contribution in [1.29, 1.82) is 0 Å². The lowest BCUT2D eigenvalue weighted by Crippen LogP contribution is -3.00. The van der Waals surface area contributed by atoms with Crippen LogP contribution in [0.15, 0.2) is 42.7 Å². The number of nitrogens with zero attached hydrogens (tertiary/aromatic N) is 1. The topological polar surface area (TPSA) is 30.4 Å². The maximum absolute atomic E-state index is 11.4. The molecule has 0 unspecified atom stereocenters. The number of hydrogen-bond acceptors (Lipinski definition) is 2. The quantitative estimate of drug-likeness (QED) is 0.452.